The summed E-state index contributed by atoms with van der Waals surface area (Å²) in [6.07, 6.45) is 5.10. The lowest BCUT2D eigenvalue weighted by atomic mass is 9.78. The summed E-state index contributed by atoms with van der Waals surface area (Å²) in [7, 11) is 0. The molecule has 1 saturated carbocycles. The second-order valence-electron chi connectivity index (χ2n) is 6.05. The molecule has 5 nitrogen and oxygen atoms in total. The maximum absolute atomic E-state index is 12.4. The first-order valence-electron chi connectivity index (χ1n) is 8.38. The van der Waals surface area contributed by atoms with Crippen LogP contribution in [0.1, 0.15) is 45.4 Å². The predicted octanol–water partition coefficient (Wildman–Crippen LogP) is 3.70. The van der Waals surface area contributed by atoms with Crippen molar-refractivity contribution >= 4 is 17.6 Å². The Balaban J connectivity index is 1.92. The van der Waals surface area contributed by atoms with Crippen molar-refractivity contribution in [3.63, 3.8) is 0 Å². The molecule has 1 aromatic rings. The van der Waals surface area contributed by atoms with Crippen LogP contribution in [-0.4, -0.2) is 23.6 Å². The monoisotopic (exact) mass is 319 g/mol. The van der Waals surface area contributed by atoms with Gasteiger partial charge in [0, 0.05) is 5.69 Å². The van der Waals surface area contributed by atoms with Crippen molar-refractivity contribution in [2.45, 2.75) is 45.4 Å². The van der Waals surface area contributed by atoms with Crippen molar-refractivity contribution < 1.29 is 19.4 Å². The summed E-state index contributed by atoms with van der Waals surface area (Å²) in [5.74, 6) is -1.30. The molecule has 1 aromatic carbocycles. The number of anilines is 1. The molecule has 126 valence electrons. The van der Waals surface area contributed by atoms with Gasteiger partial charge in [-0.3, -0.25) is 9.59 Å². The Morgan fingerprint density at radius 1 is 1.17 bits per heavy atom. The highest BCUT2D eigenvalue weighted by Crippen LogP contribution is 2.31. The molecule has 1 aliphatic rings. The third kappa shape index (κ3) is 4.98. The summed E-state index contributed by atoms with van der Waals surface area (Å²) in [6.45, 7) is 2.79. The number of hydrogen-bond donors (Lipinski definition) is 2. The standard InChI is InChI=1S/C18H25NO4/c1-2-3-12-23-14-10-8-13(9-11-14)19-17(20)15-6-4-5-7-16(15)18(21)22/h8-11,15-16H,2-7,12H2,1H3,(H,19,20)(H,21,22)/t15-,16+/m0/s1. The lowest BCUT2D eigenvalue weighted by Gasteiger charge is -2.27. The van der Waals surface area contributed by atoms with E-state index < -0.39 is 17.8 Å². The van der Waals surface area contributed by atoms with Gasteiger partial charge >= 0.3 is 5.97 Å². The van der Waals surface area contributed by atoms with E-state index in [9.17, 15) is 14.7 Å². The summed E-state index contributed by atoms with van der Waals surface area (Å²) < 4.78 is 5.58. The van der Waals surface area contributed by atoms with Gasteiger partial charge in [-0.1, -0.05) is 26.2 Å². The Kier molecular flexibility index (Phi) is 6.44. The van der Waals surface area contributed by atoms with E-state index in [0.29, 0.717) is 25.1 Å². The molecule has 1 fully saturated rings. The van der Waals surface area contributed by atoms with Gasteiger partial charge in [0.2, 0.25) is 5.91 Å². The minimum Gasteiger partial charge on any atom is -0.494 e. The Morgan fingerprint density at radius 3 is 2.43 bits per heavy atom. The number of unbranched alkanes of at least 4 members (excludes halogenated alkanes) is 1. The molecule has 0 bridgehead atoms. The number of carboxylic acid groups (broad SMARTS) is 1. The quantitative estimate of drug-likeness (QED) is 0.751. The zero-order valence-electron chi connectivity index (χ0n) is 13.6. The van der Waals surface area contributed by atoms with Gasteiger partial charge in [0.1, 0.15) is 5.75 Å². The fraction of sp³-hybridized carbons (Fsp3) is 0.556. The van der Waals surface area contributed by atoms with E-state index in [2.05, 4.69) is 12.2 Å². The fourth-order valence-corrected chi connectivity index (χ4v) is 2.94. The minimum atomic E-state index is -0.871. The molecule has 0 radical (unpaired) electrons. The van der Waals surface area contributed by atoms with Crippen LogP contribution in [0.15, 0.2) is 24.3 Å². The number of ether oxygens (including phenoxy) is 1. The van der Waals surface area contributed by atoms with Gasteiger partial charge in [0.25, 0.3) is 0 Å². The Labute approximate surface area is 137 Å². The zero-order valence-corrected chi connectivity index (χ0v) is 13.6. The normalized spacial score (nSPS) is 20.7. The molecule has 0 unspecified atom stereocenters. The van der Waals surface area contributed by atoms with Crippen LogP contribution in [0.25, 0.3) is 0 Å². The number of nitrogens with one attached hydrogen (secondary N) is 1. The Morgan fingerprint density at radius 2 is 1.83 bits per heavy atom. The summed E-state index contributed by atoms with van der Waals surface area (Å²) in [5, 5.41) is 12.1. The Bertz CT molecular complexity index is 526. The highest BCUT2D eigenvalue weighted by Gasteiger charge is 2.35. The largest absolute Gasteiger partial charge is 0.494 e. The van der Waals surface area contributed by atoms with Crippen molar-refractivity contribution in [2.75, 3.05) is 11.9 Å². The molecule has 1 aliphatic carbocycles. The maximum Gasteiger partial charge on any atom is 0.307 e. The summed E-state index contributed by atoms with van der Waals surface area (Å²) in [6, 6.07) is 7.22. The van der Waals surface area contributed by atoms with Crippen molar-refractivity contribution in [1.29, 1.82) is 0 Å². The van der Waals surface area contributed by atoms with E-state index in [1.165, 1.54) is 0 Å². The minimum absolute atomic E-state index is 0.197. The first-order valence-corrected chi connectivity index (χ1v) is 8.38. The van der Waals surface area contributed by atoms with Gasteiger partial charge in [-0.25, -0.2) is 0 Å². The molecule has 2 rings (SSSR count). The van der Waals surface area contributed by atoms with E-state index in [1.54, 1.807) is 12.1 Å². The van der Waals surface area contributed by atoms with Crippen LogP contribution in [-0.2, 0) is 9.59 Å². The SMILES string of the molecule is CCCCOc1ccc(NC(=O)[C@H]2CCCC[C@H]2C(=O)O)cc1. The first-order chi connectivity index (χ1) is 11.1. The molecule has 0 saturated heterocycles. The molecule has 2 atom stereocenters. The van der Waals surface area contributed by atoms with Crippen molar-refractivity contribution in [3.05, 3.63) is 24.3 Å². The van der Waals surface area contributed by atoms with Crippen LogP contribution in [0.4, 0.5) is 5.69 Å². The molecular formula is C18H25NO4. The third-order valence-corrected chi connectivity index (χ3v) is 4.31. The third-order valence-electron chi connectivity index (χ3n) is 4.31. The van der Waals surface area contributed by atoms with E-state index in [0.717, 1.165) is 31.4 Å². The highest BCUT2D eigenvalue weighted by atomic mass is 16.5. The van der Waals surface area contributed by atoms with Gasteiger partial charge in [0.05, 0.1) is 18.4 Å². The number of carbonyl (C=O) groups excluding carboxylic acids is 1. The number of hydrogen-bond acceptors (Lipinski definition) is 3. The molecule has 1 amide bonds. The van der Waals surface area contributed by atoms with Gasteiger partial charge in [0.15, 0.2) is 0 Å². The summed E-state index contributed by atoms with van der Waals surface area (Å²) in [5.41, 5.74) is 0.674. The van der Waals surface area contributed by atoms with Gasteiger partial charge in [-0.05, 0) is 43.5 Å². The molecule has 0 heterocycles. The van der Waals surface area contributed by atoms with Gasteiger partial charge < -0.3 is 15.2 Å². The van der Waals surface area contributed by atoms with Crippen LogP contribution < -0.4 is 10.1 Å². The smallest absolute Gasteiger partial charge is 0.307 e. The predicted molar refractivity (Wildman–Crippen MR) is 88.6 cm³/mol. The summed E-state index contributed by atoms with van der Waals surface area (Å²) >= 11 is 0. The lowest BCUT2D eigenvalue weighted by Crippen LogP contribution is -2.36. The lowest BCUT2D eigenvalue weighted by molar-refractivity contribution is -0.147. The molecule has 5 heteroatoms. The van der Waals surface area contributed by atoms with Crippen LogP contribution in [0.5, 0.6) is 5.75 Å². The molecule has 0 aliphatic heterocycles. The molecule has 2 N–H and O–H groups in total. The van der Waals surface area contributed by atoms with E-state index >= 15 is 0 Å². The second kappa shape index (κ2) is 8.56. The number of amides is 1. The zero-order chi connectivity index (χ0) is 16.7. The average molecular weight is 319 g/mol. The fourth-order valence-electron chi connectivity index (χ4n) is 2.94. The van der Waals surface area contributed by atoms with E-state index in [-0.39, 0.29) is 5.91 Å². The second-order valence-corrected chi connectivity index (χ2v) is 6.05. The van der Waals surface area contributed by atoms with Crippen molar-refractivity contribution in [2.24, 2.45) is 11.8 Å². The Hall–Kier alpha value is -2.04. The number of carbonyl (C=O) groups is 2. The van der Waals surface area contributed by atoms with Crippen LogP contribution in [0, 0.1) is 11.8 Å². The topological polar surface area (TPSA) is 75.6 Å². The van der Waals surface area contributed by atoms with Gasteiger partial charge in [-0.2, -0.15) is 0 Å². The number of aliphatic carboxylic acids is 1. The molecule has 0 spiro atoms. The van der Waals surface area contributed by atoms with E-state index in [1.807, 2.05) is 12.1 Å². The van der Waals surface area contributed by atoms with Gasteiger partial charge in [-0.15, -0.1) is 0 Å². The summed E-state index contributed by atoms with van der Waals surface area (Å²) in [4.78, 5) is 23.7. The first kappa shape index (κ1) is 17.3. The van der Waals surface area contributed by atoms with Crippen molar-refractivity contribution in [1.82, 2.24) is 0 Å². The van der Waals surface area contributed by atoms with Crippen LogP contribution in [0.2, 0.25) is 0 Å². The number of benzene rings is 1. The number of rotatable bonds is 7. The van der Waals surface area contributed by atoms with Crippen LogP contribution in [0.3, 0.4) is 0 Å². The number of carboxylic acids is 1. The van der Waals surface area contributed by atoms with Crippen molar-refractivity contribution in [3.8, 4) is 5.75 Å². The molecule has 0 aromatic heterocycles. The maximum atomic E-state index is 12.4. The van der Waals surface area contributed by atoms with E-state index in [4.69, 9.17) is 4.74 Å². The highest BCUT2D eigenvalue weighted by molar-refractivity contribution is 5.95. The molecular weight excluding hydrogens is 294 g/mol. The van der Waals surface area contributed by atoms with Crippen LogP contribution >= 0.6 is 0 Å². The average Bonchev–Trinajstić information content (AvgIpc) is 2.56. The molecule has 23 heavy (non-hydrogen) atoms.